The number of nitrogens with one attached hydrogen (secondary N) is 2. The van der Waals surface area contributed by atoms with Crippen LogP contribution in [0.1, 0.15) is 101 Å². The maximum absolute atomic E-state index is 13.3. The van der Waals surface area contributed by atoms with E-state index in [9.17, 15) is 24.0 Å². The van der Waals surface area contributed by atoms with Crippen LogP contribution in [0.5, 0.6) is 5.75 Å². The lowest BCUT2D eigenvalue weighted by atomic mass is 9.72. The minimum absolute atomic E-state index is 0.0250. The van der Waals surface area contributed by atoms with Crippen LogP contribution >= 0.6 is 11.6 Å². The molecule has 2 N–H and O–H groups in total. The van der Waals surface area contributed by atoms with Crippen LogP contribution < -0.4 is 25.2 Å². The SMILES string of the molecule is N#Cc1ccc(O[C@H]2CC[C@H](NC(=O)c3ccc(N4CC5(CCN(CC6CCN(c7ccc8c(c7)C(=O)N(C7CCC(=O)NC7=O)C8=O)CC6)CC5)C4)nn3)CC2)cc1Cl. The minimum atomic E-state index is -0.967. The van der Waals surface area contributed by atoms with Crippen molar-refractivity contribution >= 4 is 52.6 Å². The second kappa shape index (κ2) is 16.5. The van der Waals surface area contributed by atoms with E-state index in [-0.39, 0.29) is 42.2 Å². The minimum Gasteiger partial charge on any atom is -0.490 e. The van der Waals surface area contributed by atoms with Gasteiger partial charge in [-0.25, -0.2) is 0 Å². The molecule has 9 rings (SSSR count). The highest BCUT2D eigenvalue weighted by Crippen LogP contribution is 2.42. The highest BCUT2D eigenvalue weighted by molar-refractivity contribution is 6.31. The quantitative estimate of drug-likeness (QED) is 0.292. The molecule has 5 aliphatic heterocycles. The average molecular weight is 834 g/mol. The smallest absolute Gasteiger partial charge is 0.272 e. The lowest BCUT2D eigenvalue weighted by Crippen LogP contribution is -2.61. The van der Waals surface area contributed by atoms with Crippen LogP contribution in [0.4, 0.5) is 11.5 Å². The van der Waals surface area contributed by atoms with E-state index in [0.717, 1.165) is 114 Å². The predicted molar refractivity (Wildman–Crippen MR) is 221 cm³/mol. The van der Waals surface area contributed by atoms with Gasteiger partial charge in [-0.1, -0.05) is 11.6 Å². The second-order valence-corrected chi connectivity index (χ2v) is 17.8. The van der Waals surface area contributed by atoms with Crippen LogP contribution in [0.15, 0.2) is 48.5 Å². The highest BCUT2D eigenvalue weighted by Gasteiger charge is 2.47. The molecule has 1 atom stereocenters. The summed E-state index contributed by atoms with van der Waals surface area (Å²) in [6, 6.07) is 15.3. The Balaban J connectivity index is 0.683. The van der Waals surface area contributed by atoms with Gasteiger partial charge in [-0.05, 0) is 119 Å². The summed E-state index contributed by atoms with van der Waals surface area (Å²) in [5.74, 6) is -0.129. The second-order valence-electron chi connectivity index (χ2n) is 17.4. The molecule has 5 amide bonds. The zero-order valence-corrected chi connectivity index (χ0v) is 34.2. The number of fused-ring (bicyclic) bond motifs is 1. The van der Waals surface area contributed by atoms with Crippen molar-refractivity contribution in [3.05, 3.63) is 75.9 Å². The summed E-state index contributed by atoms with van der Waals surface area (Å²) >= 11 is 6.15. The van der Waals surface area contributed by atoms with Gasteiger partial charge in [-0.2, -0.15) is 5.26 Å². The fourth-order valence-electron chi connectivity index (χ4n) is 9.90. The number of imide groups is 2. The molecule has 1 spiro atoms. The van der Waals surface area contributed by atoms with Crippen LogP contribution in [-0.2, 0) is 9.59 Å². The number of nitrogens with zero attached hydrogens (tertiary/aromatic N) is 7. The largest absolute Gasteiger partial charge is 0.490 e. The first-order chi connectivity index (χ1) is 29.0. The van der Waals surface area contributed by atoms with Gasteiger partial charge in [0.25, 0.3) is 17.7 Å². The molecule has 312 valence electrons. The first kappa shape index (κ1) is 39.8. The van der Waals surface area contributed by atoms with E-state index in [4.69, 9.17) is 21.6 Å². The van der Waals surface area contributed by atoms with Crippen LogP contribution in [0.25, 0.3) is 0 Å². The van der Waals surface area contributed by atoms with E-state index in [1.165, 1.54) is 0 Å². The molecule has 1 aliphatic carbocycles. The molecule has 4 saturated heterocycles. The van der Waals surface area contributed by atoms with Crippen molar-refractivity contribution in [1.82, 2.24) is 30.6 Å². The van der Waals surface area contributed by atoms with Crippen molar-refractivity contribution in [2.75, 3.05) is 55.6 Å². The Morgan fingerprint density at radius 1 is 0.867 bits per heavy atom. The molecular weight excluding hydrogens is 786 g/mol. The number of anilines is 2. The summed E-state index contributed by atoms with van der Waals surface area (Å²) in [5.41, 5.74) is 2.55. The lowest BCUT2D eigenvalue weighted by Gasteiger charge is -2.54. The molecule has 5 fully saturated rings. The number of nitriles is 1. The summed E-state index contributed by atoms with van der Waals surface area (Å²) in [4.78, 5) is 71.7. The fraction of sp³-hybridized carbons (Fsp3) is 0.500. The number of ether oxygens (including phenoxy) is 1. The standard InChI is InChI=1S/C44H48ClN9O6/c45-35-22-32(5-1-28(35)23-46)60-31-6-2-29(3-7-31)47-40(56)36-9-11-38(50-49-36)53-25-44(26-53)15-19-51(20-16-44)24-27-13-17-52(18-14-27)30-4-8-33-34(21-30)43(59)54(42(33)58)37-10-12-39(55)48-41(37)57/h1,4-5,8-9,11,21-22,27,29,31,37H,2-3,6-7,10,12-20,24-26H2,(H,47,56)(H,48,55,57)/t29-,31-,37?. The molecule has 15 nitrogen and oxygen atoms in total. The molecule has 3 aromatic rings. The summed E-state index contributed by atoms with van der Waals surface area (Å²) in [5, 5.41) is 23.6. The van der Waals surface area contributed by atoms with Gasteiger partial charge in [0.15, 0.2) is 11.5 Å². The molecule has 2 aromatic carbocycles. The van der Waals surface area contributed by atoms with Gasteiger partial charge in [0.1, 0.15) is 17.9 Å². The third kappa shape index (κ3) is 8.02. The number of aromatic nitrogens is 2. The lowest BCUT2D eigenvalue weighted by molar-refractivity contribution is -0.136. The number of piperidine rings is 3. The molecule has 6 aliphatic rings. The Morgan fingerprint density at radius 3 is 2.30 bits per heavy atom. The Kier molecular flexibility index (Phi) is 10.9. The van der Waals surface area contributed by atoms with Gasteiger partial charge >= 0.3 is 0 Å². The third-order valence-electron chi connectivity index (χ3n) is 13.5. The van der Waals surface area contributed by atoms with Crippen molar-refractivity contribution in [2.45, 2.75) is 82.4 Å². The summed E-state index contributed by atoms with van der Waals surface area (Å²) in [7, 11) is 0. The molecule has 1 unspecified atom stereocenters. The van der Waals surface area contributed by atoms with Gasteiger partial charge in [0.05, 0.1) is 27.8 Å². The molecule has 6 heterocycles. The molecule has 0 bridgehead atoms. The predicted octanol–water partition coefficient (Wildman–Crippen LogP) is 4.34. The number of carbonyl (C=O) groups excluding carboxylic acids is 5. The molecule has 1 aromatic heterocycles. The summed E-state index contributed by atoms with van der Waals surface area (Å²) in [6.07, 6.45) is 7.81. The summed E-state index contributed by atoms with van der Waals surface area (Å²) in [6.45, 7) is 6.84. The molecule has 1 saturated carbocycles. The van der Waals surface area contributed by atoms with Crippen molar-refractivity contribution in [1.29, 1.82) is 5.26 Å². The van der Waals surface area contributed by atoms with Crippen molar-refractivity contribution in [3.8, 4) is 11.8 Å². The van der Waals surface area contributed by atoms with Gasteiger partial charge < -0.3 is 24.8 Å². The van der Waals surface area contributed by atoms with Gasteiger partial charge in [0.2, 0.25) is 11.8 Å². The van der Waals surface area contributed by atoms with E-state index >= 15 is 0 Å². The zero-order chi connectivity index (χ0) is 41.5. The Hall–Kier alpha value is -5.59. The Morgan fingerprint density at radius 2 is 1.62 bits per heavy atom. The first-order valence-corrected chi connectivity index (χ1v) is 21.5. The van der Waals surface area contributed by atoms with Crippen LogP contribution in [-0.4, -0.2) is 114 Å². The zero-order valence-electron chi connectivity index (χ0n) is 33.4. The van der Waals surface area contributed by atoms with E-state index < -0.39 is 23.8 Å². The highest BCUT2D eigenvalue weighted by atomic mass is 35.5. The van der Waals surface area contributed by atoms with Crippen LogP contribution in [0.3, 0.4) is 0 Å². The van der Waals surface area contributed by atoms with Crippen molar-refractivity contribution < 1.29 is 28.7 Å². The van der Waals surface area contributed by atoms with Crippen molar-refractivity contribution in [3.63, 3.8) is 0 Å². The maximum Gasteiger partial charge on any atom is 0.272 e. The van der Waals surface area contributed by atoms with Gasteiger partial charge in [-0.15, -0.1) is 10.2 Å². The number of halogens is 1. The number of hydrogen-bond donors (Lipinski definition) is 2. The van der Waals surface area contributed by atoms with E-state index in [1.807, 2.05) is 12.1 Å². The number of rotatable bonds is 9. The van der Waals surface area contributed by atoms with Gasteiger partial charge in [0, 0.05) is 62.4 Å². The topological polar surface area (TPSA) is 181 Å². The molecule has 0 radical (unpaired) electrons. The normalized spacial score (nSPS) is 24.5. The van der Waals surface area contributed by atoms with E-state index in [1.54, 1.807) is 36.4 Å². The number of benzene rings is 2. The van der Waals surface area contributed by atoms with Crippen LogP contribution in [0, 0.1) is 22.7 Å². The average Bonchev–Trinajstić information content (AvgIpc) is 3.49. The maximum atomic E-state index is 13.3. The Bertz CT molecular complexity index is 2230. The van der Waals surface area contributed by atoms with E-state index in [2.05, 4.69) is 41.6 Å². The molecular formula is C44H48ClN9O6. The third-order valence-corrected chi connectivity index (χ3v) is 13.8. The monoisotopic (exact) mass is 833 g/mol. The Labute approximate surface area is 353 Å². The van der Waals surface area contributed by atoms with E-state index in [0.29, 0.717) is 39.1 Å². The fourth-order valence-corrected chi connectivity index (χ4v) is 10.1. The summed E-state index contributed by atoms with van der Waals surface area (Å²) < 4.78 is 6.09. The molecule has 60 heavy (non-hydrogen) atoms. The van der Waals surface area contributed by atoms with Crippen LogP contribution in [0.2, 0.25) is 5.02 Å². The number of carbonyl (C=O) groups is 5. The molecule has 16 heteroatoms. The van der Waals surface area contributed by atoms with Crippen molar-refractivity contribution in [2.24, 2.45) is 11.3 Å². The number of hydrogen-bond acceptors (Lipinski definition) is 12. The number of likely N-dealkylation sites (tertiary alicyclic amines) is 1. The first-order valence-electron chi connectivity index (χ1n) is 21.1. The van der Waals surface area contributed by atoms with Gasteiger partial charge in [-0.3, -0.25) is 34.2 Å². The number of amides is 5.